The lowest BCUT2D eigenvalue weighted by atomic mass is 10.3. The van der Waals surface area contributed by atoms with Crippen LogP contribution in [0.3, 0.4) is 0 Å². The first-order valence-corrected chi connectivity index (χ1v) is 3.47. The third kappa shape index (κ3) is 1.91. The minimum absolute atomic E-state index is 0.0728. The van der Waals surface area contributed by atoms with Crippen LogP contribution >= 0.6 is 0 Å². The molecule has 0 aliphatic heterocycles. The van der Waals surface area contributed by atoms with E-state index in [9.17, 15) is 0 Å². The number of nitrogens with zero attached hydrogens (tertiary/aromatic N) is 2. The van der Waals surface area contributed by atoms with Crippen LogP contribution in [0.2, 0.25) is 0 Å². The first-order chi connectivity index (χ1) is 5.24. The summed E-state index contributed by atoms with van der Waals surface area (Å²) in [6.07, 6.45) is 1.70. The van der Waals surface area contributed by atoms with Gasteiger partial charge in [0.15, 0.2) is 0 Å². The van der Waals surface area contributed by atoms with Crippen molar-refractivity contribution in [2.24, 2.45) is 0 Å². The molecule has 1 rings (SSSR count). The van der Waals surface area contributed by atoms with Crippen LogP contribution in [0.5, 0.6) is 0 Å². The fourth-order valence-corrected chi connectivity index (χ4v) is 0.803. The minimum atomic E-state index is 0.0728. The van der Waals surface area contributed by atoms with Gasteiger partial charge in [0, 0.05) is 20.3 Å². The maximum atomic E-state index is 8.80. The molecule has 0 saturated carbocycles. The van der Waals surface area contributed by atoms with Gasteiger partial charge in [0.05, 0.1) is 6.61 Å². The molecule has 0 aliphatic rings. The van der Waals surface area contributed by atoms with Crippen molar-refractivity contribution in [1.82, 2.24) is 4.98 Å². The fourth-order valence-electron chi connectivity index (χ4n) is 0.803. The largest absolute Gasteiger partial charge is 0.392 e. The summed E-state index contributed by atoms with van der Waals surface area (Å²) in [7, 11) is 3.84. The highest BCUT2D eigenvalue weighted by Gasteiger charge is 1.96. The van der Waals surface area contributed by atoms with Gasteiger partial charge in [-0.2, -0.15) is 0 Å². The van der Waals surface area contributed by atoms with Crippen molar-refractivity contribution in [2.75, 3.05) is 19.0 Å². The van der Waals surface area contributed by atoms with Gasteiger partial charge in [-0.15, -0.1) is 0 Å². The van der Waals surface area contributed by atoms with Crippen molar-refractivity contribution < 1.29 is 5.11 Å². The van der Waals surface area contributed by atoms with Gasteiger partial charge in [0.1, 0.15) is 5.82 Å². The molecule has 1 aromatic rings. The Morgan fingerprint density at radius 3 is 2.82 bits per heavy atom. The monoisotopic (exact) mass is 152 g/mol. The van der Waals surface area contributed by atoms with Crippen LogP contribution in [0.4, 0.5) is 5.82 Å². The van der Waals surface area contributed by atoms with Crippen LogP contribution in [-0.2, 0) is 6.61 Å². The van der Waals surface area contributed by atoms with E-state index in [0.717, 1.165) is 11.4 Å². The van der Waals surface area contributed by atoms with E-state index in [4.69, 9.17) is 5.11 Å². The molecule has 0 unspecified atom stereocenters. The number of rotatable bonds is 2. The van der Waals surface area contributed by atoms with Gasteiger partial charge in [-0.05, 0) is 17.7 Å². The quantitative estimate of drug-likeness (QED) is 0.675. The number of aromatic nitrogens is 1. The standard InChI is InChI=1S/C8H12N2O/c1-10(2)8-5-7(6-11)3-4-9-8/h3-5,11H,6H2,1-2H3. The van der Waals surface area contributed by atoms with E-state index in [1.165, 1.54) is 0 Å². The Morgan fingerprint density at radius 1 is 1.55 bits per heavy atom. The molecule has 0 bridgehead atoms. The Morgan fingerprint density at radius 2 is 2.27 bits per heavy atom. The van der Waals surface area contributed by atoms with Crippen molar-refractivity contribution in [3.05, 3.63) is 23.9 Å². The second-order valence-electron chi connectivity index (χ2n) is 2.57. The summed E-state index contributed by atoms with van der Waals surface area (Å²) in [4.78, 5) is 6.00. The molecule has 0 spiro atoms. The molecule has 0 aromatic carbocycles. The maximum absolute atomic E-state index is 8.80. The highest BCUT2D eigenvalue weighted by molar-refractivity contribution is 5.38. The average Bonchev–Trinajstić information content (AvgIpc) is 2.05. The van der Waals surface area contributed by atoms with E-state index >= 15 is 0 Å². The third-order valence-corrected chi connectivity index (χ3v) is 1.45. The summed E-state index contributed by atoms with van der Waals surface area (Å²) in [5.41, 5.74) is 0.892. The summed E-state index contributed by atoms with van der Waals surface area (Å²) in [5.74, 6) is 0.872. The summed E-state index contributed by atoms with van der Waals surface area (Å²) in [6, 6.07) is 3.66. The molecule has 60 valence electrons. The fraction of sp³-hybridized carbons (Fsp3) is 0.375. The molecule has 0 saturated heterocycles. The van der Waals surface area contributed by atoms with Crippen LogP contribution in [0.1, 0.15) is 5.56 Å². The number of aliphatic hydroxyl groups is 1. The van der Waals surface area contributed by atoms with Gasteiger partial charge in [0.2, 0.25) is 0 Å². The summed E-state index contributed by atoms with van der Waals surface area (Å²) < 4.78 is 0. The van der Waals surface area contributed by atoms with Gasteiger partial charge in [-0.25, -0.2) is 4.98 Å². The van der Waals surface area contributed by atoms with Crippen LogP contribution in [0, 0.1) is 0 Å². The van der Waals surface area contributed by atoms with Crippen molar-refractivity contribution >= 4 is 5.82 Å². The number of anilines is 1. The molecule has 3 nitrogen and oxygen atoms in total. The predicted octanol–water partition coefficient (Wildman–Crippen LogP) is 0.640. The van der Waals surface area contributed by atoms with Gasteiger partial charge in [-0.3, -0.25) is 0 Å². The summed E-state index contributed by atoms with van der Waals surface area (Å²) in [6.45, 7) is 0.0728. The van der Waals surface area contributed by atoms with E-state index in [-0.39, 0.29) is 6.61 Å². The van der Waals surface area contributed by atoms with E-state index in [1.54, 1.807) is 12.3 Å². The van der Waals surface area contributed by atoms with Crippen molar-refractivity contribution in [3.63, 3.8) is 0 Å². The normalized spacial score (nSPS) is 9.73. The predicted molar refractivity (Wildman–Crippen MR) is 44.5 cm³/mol. The Hall–Kier alpha value is -1.09. The topological polar surface area (TPSA) is 36.4 Å². The first-order valence-electron chi connectivity index (χ1n) is 3.47. The van der Waals surface area contributed by atoms with Gasteiger partial charge in [0.25, 0.3) is 0 Å². The zero-order valence-electron chi connectivity index (χ0n) is 6.78. The number of hydrogen-bond donors (Lipinski definition) is 1. The van der Waals surface area contributed by atoms with E-state index in [2.05, 4.69) is 4.98 Å². The lowest BCUT2D eigenvalue weighted by molar-refractivity contribution is 0.282. The molecule has 0 amide bonds. The smallest absolute Gasteiger partial charge is 0.128 e. The number of pyridine rings is 1. The van der Waals surface area contributed by atoms with Crippen LogP contribution in [0.15, 0.2) is 18.3 Å². The second-order valence-corrected chi connectivity index (χ2v) is 2.57. The molecular weight excluding hydrogens is 140 g/mol. The molecule has 1 aromatic heterocycles. The zero-order valence-corrected chi connectivity index (χ0v) is 6.78. The zero-order chi connectivity index (χ0) is 8.27. The van der Waals surface area contributed by atoms with Gasteiger partial charge < -0.3 is 10.0 Å². The van der Waals surface area contributed by atoms with Crippen molar-refractivity contribution in [1.29, 1.82) is 0 Å². The molecule has 1 N–H and O–H groups in total. The molecule has 1 heterocycles. The van der Waals surface area contributed by atoms with Crippen LogP contribution in [-0.4, -0.2) is 24.2 Å². The summed E-state index contributed by atoms with van der Waals surface area (Å²) >= 11 is 0. The molecule has 3 heteroatoms. The van der Waals surface area contributed by atoms with Crippen molar-refractivity contribution in [3.8, 4) is 0 Å². The van der Waals surface area contributed by atoms with Crippen LogP contribution in [0.25, 0.3) is 0 Å². The minimum Gasteiger partial charge on any atom is -0.392 e. The van der Waals surface area contributed by atoms with Crippen molar-refractivity contribution in [2.45, 2.75) is 6.61 Å². The highest BCUT2D eigenvalue weighted by atomic mass is 16.3. The van der Waals surface area contributed by atoms with E-state index in [0.29, 0.717) is 0 Å². The number of hydrogen-bond acceptors (Lipinski definition) is 3. The Bertz CT molecular complexity index is 235. The highest BCUT2D eigenvalue weighted by Crippen LogP contribution is 2.08. The van der Waals surface area contributed by atoms with E-state index in [1.807, 2.05) is 25.1 Å². The summed E-state index contributed by atoms with van der Waals surface area (Å²) in [5, 5.41) is 8.80. The molecule has 0 aliphatic carbocycles. The van der Waals surface area contributed by atoms with E-state index < -0.39 is 0 Å². The lowest BCUT2D eigenvalue weighted by Gasteiger charge is -2.10. The van der Waals surface area contributed by atoms with Gasteiger partial charge >= 0.3 is 0 Å². The maximum Gasteiger partial charge on any atom is 0.128 e. The lowest BCUT2D eigenvalue weighted by Crippen LogP contribution is -2.10. The molecule has 11 heavy (non-hydrogen) atoms. The Balaban J connectivity index is 2.91. The SMILES string of the molecule is CN(C)c1cc(CO)ccn1. The molecule has 0 fully saturated rings. The Labute approximate surface area is 66.3 Å². The molecule has 0 atom stereocenters. The average molecular weight is 152 g/mol. The number of aliphatic hydroxyl groups excluding tert-OH is 1. The molecule has 0 radical (unpaired) electrons. The second kappa shape index (κ2) is 3.34. The first kappa shape index (κ1) is 8.01. The van der Waals surface area contributed by atoms with Gasteiger partial charge in [-0.1, -0.05) is 0 Å². The Kier molecular flexibility index (Phi) is 2.44. The molecular formula is C8H12N2O. The third-order valence-electron chi connectivity index (χ3n) is 1.45. The van der Waals surface area contributed by atoms with Crippen LogP contribution < -0.4 is 4.90 Å².